The van der Waals surface area contributed by atoms with Crippen molar-refractivity contribution in [2.45, 2.75) is 6.42 Å². The van der Waals surface area contributed by atoms with Crippen LogP contribution in [0.5, 0.6) is 0 Å². The Morgan fingerprint density at radius 1 is 1.32 bits per heavy atom. The summed E-state index contributed by atoms with van der Waals surface area (Å²) < 4.78 is 0. The van der Waals surface area contributed by atoms with Crippen molar-refractivity contribution in [3.8, 4) is 11.3 Å². The number of thioether (sulfide) groups is 1. The van der Waals surface area contributed by atoms with Crippen molar-refractivity contribution in [3.63, 3.8) is 0 Å². The first-order valence-corrected chi connectivity index (χ1v) is 8.52. The van der Waals surface area contributed by atoms with Crippen LogP contribution in [0.2, 0.25) is 5.02 Å². The Morgan fingerprint density at radius 2 is 2.09 bits per heavy atom. The summed E-state index contributed by atoms with van der Waals surface area (Å²) in [5.74, 6) is 1.55. The average molecular weight is 340 g/mol. The van der Waals surface area contributed by atoms with Crippen molar-refractivity contribution in [2.75, 3.05) is 24.7 Å². The Balaban J connectivity index is 1.83. The van der Waals surface area contributed by atoms with Crippen LogP contribution in [0.1, 0.15) is 16.9 Å². The van der Waals surface area contributed by atoms with Gasteiger partial charge in [-0.3, -0.25) is 9.89 Å². The molecule has 1 aromatic carbocycles. The van der Waals surface area contributed by atoms with E-state index in [2.05, 4.69) is 15.5 Å². The molecule has 0 spiro atoms. The van der Waals surface area contributed by atoms with E-state index in [1.165, 1.54) is 0 Å². The van der Waals surface area contributed by atoms with Crippen LogP contribution in [0.4, 0.5) is 0 Å². The topological polar surface area (TPSA) is 78.0 Å². The summed E-state index contributed by atoms with van der Waals surface area (Å²) in [6.45, 7) is 0.797. The third-order valence-electron chi connectivity index (χ3n) is 2.94. The molecule has 1 amide bonds. The molecule has 0 saturated heterocycles. The van der Waals surface area contributed by atoms with Crippen LogP contribution >= 0.6 is 23.4 Å². The molecule has 2 aromatic rings. The van der Waals surface area contributed by atoms with E-state index in [-0.39, 0.29) is 12.5 Å². The number of aromatic amines is 1. The summed E-state index contributed by atoms with van der Waals surface area (Å²) >= 11 is 7.55. The second kappa shape index (κ2) is 8.82. The predicted octanol–water partition coefficient (Wildman–Crippen LogP) is 2.58. The summed E-state index contributed by atoms with van der Waals surface area (Å²) in [5, 5.41) is 19.1. The first-order chi connectivity index (χ1) is 10.7. The molecule has 5 nitrogen and oxygen atoms in total. The van der Waals surface area contributed by atoms with Crippen molar-refractivity contribution in [2.24, 2.45) is 0 Å². The quantitative estimate of drug-likeness (QED) is 0.646. The molecular formula is C15H18ClN3O2S. The molecule has 0 atom stereocenters. The van der Waals surface area contributed by atoms with Crippen LogP contribution in [0.3, 0.4) is 0 Å². The van der Waals surface area contributed by atoms with Crippen LogP contribution in [-0.4, -0.2) is 45.9 Å². The minimum Gasteiger partial charge on any atom is -0.396 e. The highest BCUT2D eigenvalue weighted by atomic mass is 35.5. The molecule has 0 unspecified atom stereocenters. The smallest absolute Gasteiger partial charge is 0.269 e. The van der Waals surface area contributed by atoms with Crippen molar-refractivity contribution in [1.29, 1.82) is 0 Å². The number of carbonyl (C=O) groups is 1. The molecule has 22 heavy (non-hydrogen) atoms. The van der Waals surface area contributed by atoms with E-state index in [1.54, 1.807) is 30.0 Å². The lowest BCUT2D eigenvalue weighted by molar-refractivity contribution is 0.0951. The molecule has 0 saturated carbocycles. The second-order valence-corrected chi connectivity index (χ2v) is 6.28. The molecule has 0 bridgehead atoms. The van der Waals surface area contributed by atoms with Crippen molar-refractivity contribution >= 4 is 29.3 Å². The molecular weight excluding hydrogens is 322 g/mol. The number of hydrogen-bond acceptors (Lipinski definition) is 4. The van der Waals surface area contributed by atoms with Gasteiger partial charge in [0, 0.05) is 29.5 Å². The third-order valence-corrected chi connectivity index (χ3v) is 4.26. The zero-order chi connectivity index (χ0) is 15.8. The average Bonchev–Trinajstić information content (AvgIpc) is 3.01. The van der Waals surface area contributed by atoms with Gasteiger partial charge in [-0.05, 0) is 30.4 Å². The minimum absolute atomic E-state index is 0.171. The van der Waals surface area contributed by atoms with E-state index in [0.717, 1.165) is 23.5 Å². The number of nitrogens with one attached hydrogen (secondary N) is 2. The standard InChI is InChI=1S/C15H18ClN3O2S/c16-12-4-2-11(3-5-12)13-10-14(19-18-13)15(21)17-6-9-22-8-1-7-20/h2-5,10,20H,1,6-9H2,(H,17,21)(H,18,19). The fraction of sp³-hybridized carbons (Fsp3) is 0.333. The number of aliphatic hydroxyl groups is 1. The number of aromatic nitrogens is 2. The molecule has 1 aromatic heterocycles. The van der Waals surface area contributed by atoms with Gasteiger partial charge in [-0.1, -0.05) is 23.7 Å². The zero-order valence-electron chi connectivity index (χ0n) is 12.0. The van der Waals surface area contributed by atoms with Crippen molar-refractivity contribution in [3.05, 3.63) is 41.0 Å². The van der Waals surface area contributed by atoms with E-state index in [0.29, 0.717) is 23.0 Å². The first-order valence-electron chi connectivity index (χ1n) is 6.99. The van der Waals surface area contributed by atoms with E-state index < -0.39 is 0 Å². The molecule has 0 aliphatic carbocycles. The molecule has 3 N–H and O–H groups in total. The number of carbonyl (C=O) groups excluding carboxylic acids is 1. The normalized spacial score (nSPS) is 10.6. The number of nitrogens with zero attached hydrogens (tertiary/aromatic N) is 1. The number of hydrogen-bond donors (Lipinski definition) is 3. The molecule has 7 heteroatoms. The van der Waals surface area contributed by atoms with Crippen LogP contribution in [0.25, 0.3) is 11.3 Å². The molecule has 118 valence electrons. The number of amides is 1. The Kier molecular flexibility index (Phi) is 6.76. The summed E-state index contributed by atoms with van der Waals surface area (Å²) in [5.41, 5.74) is 2.05. The highest BCUT2D eigenvalue weighted by Gasteiger charge is 2.10. The van der Waals surface area contributed by atoms with Gasteiger partial charge in [-0.15, -0.1) is 0 Å². The van der Waals surface area contributed by atoms with Crippen LogP contribution < -0.4 is 5.32 Å². The lowest BCUT2D eigenvalue weighted by Gasteiger charge is -2.02. The van der Waals surface area contributed by atoms with Crippen molar-refractivity contribution < 1.29 is 9.90 Å². The number of H-pyrrole nitrogens is 1. The largest absolute Gasteiger partial charge is 0.396 e. The fourth-order valence-corrected chi connectivity index (χ4v) is 2.72. The van der Waals surface area contributed by atoms with Crippen molar-refractivity contribution in [1.82, 2.24) is 15.5 Å². The Bertz CT molecular complexity index is 601. The van der Waals surface area contributed by atoms with Gasteiger partial charge >= 0.3 is 0 Å². The minimum atomic E-state index is -0.171. The number of rotatable bonds is 8. The molecule has 0 aliphatic heterocycles. The third kappa shape index (κ3) is 5.05. The SMILES string of the molecule is O=C(NCCSCCCO)c1cc(-c2ccc(Cl)cc2)n[nH]1. The van der Waals surface area contributed by atoms with E-state index in [4.69, 9.17) is 16.7 Å². The Morgan fingerprint density at radius 3 is 2.82 bits per heavy atom. The number of halogens is 1. The van der Waals surface area contributed by atoms with Crippen LogP contribution in [-0.2, 0) is 0 Å². The molecule has 0 radical (unpaired) electrons. The number of benzene rings is 1. The Labute approximate surface area is 138 Å². The highest BCUT2D eigenvalue weighted by Crippen LogP contribution is 2.20. The maximum absolute atomic E-state index is 12.0. The van der Waals surface area contributed by atoms with Gasteiger partial charge in [-0.2, -0.15) is 16.9 Å². The van der Waals surface area contributed by atoms with Gasteiger partial charge in [0.2, 0.25) is 0 Å². The maximum Gasteiger partial charge on any atom is 0.269 e. The van der Waals surface area contributed by atoms with Gasteiger partial charge in [0.1, 0.15) is 5.69 Å². The number of aliphatic hydroxyl groups excluding tert-OH is 1. The highest BCUT2D eigenvalue weighted by molar-refractivity contribution is 7.99. The van der Waals surface area contributed by atoms with Gasteiger partial charge < -0.3 is 10.4 Å². The molecule has 1 heterocycles. The zero-order valence-corrected chi connectivity index (χ0v) is 13.6. The van der Waals surface area contributed by atoms with Crippen LogP contribution in [0, 0.1) is 0 Å². The lowest BCUT2D eigenvalue weighted by Crippen LogP contribution is -2.26. The van der Waals surface area contributed by atoms with Gasteiger partial charge in [0.15, 0.2) is 0 Å². The van der Waals surface area contributed by atoms with Gasteiger partial charge in [0.25, 0.3) is 5.91 Å². The maximum atomic E-state index is 12.0. The summed E-state index contributed by atoms with van der Waals surface area (Å²) in [7, 11) is 0. The molecule has 0 fully saturated rings. The fourth-order valence-electron chi connectivity index (χ4n) is 1.81. The summed E-state index contributed by atoms with van der Waals surface area (Å²) in [6, 6.07) is 9.01. The first kappa shape index (κ1) is 16.9. The van der Waals surface area contributed by atoms with Gasteiger partial charge in [-0.25, -0.2) is 0 Å². The van der Waals surface area contributed by atoms with Gasteiger partial charge in [0.05, 0.1) is 5.69 Å². The lowest BCUT2D eigenvalue weighted by atomic mass is 10.1. The second-order valence-electron chi connectivity index (χ2n) is 4.62. The summed E-state index contributed by atoms with van der Waals surface area (Å²) in [6.07, 6.45) is 0.781. The van der Waals surface area contributed by atoms with E-state index in [1.807, 2.05) is 12.1 Å². The van der Waals surface area contributed by atoms with Crippen LogP contribution in [0.15, 0.2) is 30.3 Å². The predicted molar refractivity (Wildman–Crippen MR) is 90.4 cm³/mol. The Hall–Kier alpha value is -1.50. The molecule has 2 rings (SSSR count). The van der Waals surface area contributed by atoms with E-state index >= 15 is 0 Å². The monoisotopic (exact) mass is 339 g/mol. The summed E-state index contributed by atoms with van der Waals surface area (Å²) in [4.78, 5) is 12.0. The molecule has 0 aliphatic rings. The van der Waals surface area contributed by atoms with E-state index in [9.17, 15) is 4.79 Å².